The number of ether oxygens (including phenoxy) is 4. The molecule has 1 N–H and O–H groups in total. The molecule has 1 atom stereocenters. The number of carbonyl (C=O) groups excluding carboxylic acids is 1. The highest BCUT2D eigenvalue weighted by Crippen LogP contribution is 2.29. The minimum atomic E-state index is -1.52. The first-order valence-corrected chi connectivity index (χ1v) is 13.3. The van der Waals surface area contributed by atoms with Gasteiger partial charge in [0.25, 0.3) is 0 Å². The molecule has 0 aliphatic carbocycles. The van der Waals surface area contributed by atoms with Crippen LogP contribution in [0.2, 0.25) is 0 Å². The third-order valence-corrected chi connectivity index (χ3v) is 6.66. The number of aromatic nitrogens is 2. The number of halogens is 2. The van der Waals surface area contributed by atoms with Crippen molar-refractivity contribution in [3.63, 3.8) is 0 Å². The van der Waals surface area contributed by atoms with Gasteiger partial charge in [-0.15, -0.1) is 0 Å². The van der Waals surface area contributed by atoms with Crippen LogP contribution < -0.4 is 14.2 Å². The second kappa shape index (κ2) is 14.2. The molecule has 10 nitrogen and oxygen atoms in total. The molecule has 222 valence electrons. The maximum atomic E-state index is 13.7. The van der Waals surface area contributed by atoms with Gasteiger partial charge < -0.3 is 33.5 Å². The Bertz CT molecular complexity index is 1260. The Kier molecular flexibility index (Phi) is 10.5. The summed E-state index contributed by atoms with van der Waals surface area (Å²) in [5.41, 5.74) is -0.606. The lowest BCUT2D eigenvalue weighted by atomic mass is 10.0. The average Bonchev–Trinajstić information content (AvgIpc) is 3.40. The molecule has 1 aromatic heterocycles. The summed E-state index contributed by atoms with van der Waals surface area (Å²) < 4.78 is 51.4. The minimum absolute atomic E-state index is 0.0291. The van der Waals surface area contributed by atoms with Gasteiger partial charge in [-0.3, -0.25) is 9.69 Å². The zero-order valence-corrected chi connectivity index (χ0v) is 23.3. The molecule has 3 aromatic rings. The molecule has 1 aliphatic heterocycles. The number of hydrogen-bond acceptors (Lipinski definition) is 8. The van der Waals surface area contributed by atoms with Crippen molar-refractivity contribution in [3.8, 4) is 17.2 Å². The number of carbonyl (C=O) groups is 1. The molecule has 12 heteroatoms. The monoisotopic (exact) mass is 574 g/mol. The predicted octanol–water partition coefficient (Wildman–Crippen LogP) is 2.74. The van der Waals surface area contributed by atoms with Gasteiger partial charge in [-0.1, -0.05) is 6.07 Å². The summed E-state index contributed by atoms with van der Waals surface area (Å²) in [6.45, 7) is 2.28. The van der Waals surface area contributed by atoms with Crippen LogP contribution in [0.1, 0.15) is 12.0 Å². The molecule has 0 spiro atoms. The summed E-state index contributed by atoms with van der Waals surface area (Å²) in [5.74, 6) is -0.686. The Labute approximate surface area is 238 Å². The van der Waals surface area contributed by atoms with E-state index in [0.29, 0.717) is 37.7 Å². The van der Waals surface area contributed by atoms with Crippen LogP contribution in [-0.2, 0) is 22.6 Å². The number of imidazole rings is 1. The first-order chi connectivity index (χ1) is 19.8. The molecule has 41 heavy (non-hydrogen) atoms. The first-order valence-electron chi connectivity index (χ1n) is 13.3. The Morgan fingerprint density at radius 2 is 1.85 bits per heavy atom. The Balaban J connectivity index is 1.43. The maximum absolute atomic E-state index is 13.7. The Hall–Kier alpha value is -3.74. The molecule has 1 amide bonds. The van der Waals surface area contributed by atoms with Gasteiger partial charge in [0.2, 0.25) is 5.91 Å². The summed E-state index contributed by atoms with van der Waals surface area (Å²) in [5, 5.41) is 11.6. The lowest BCUT2D eigenvalue weighted by Crippen LogP contribution is -2.52. The smallest absolute Gasteiger partial charge is 0.248 e. The van der Waals surface area contributed by atoms with E-state index in [0.717, 1.165) is 36.7 Å². The predicted molar refractivity (Wildman–Crippen MR) is 146 cm³/mol. The van der Waals surface area contributed by atoms with E-state index in [9.17, 15) is 18.7 Å². The standard InChI is InChI=1S/C29H36F2N4O6/c1-38-17-28(36)35-10-9-34(18-29(37,19-35)20-41-25-14-23(30)13-24(31)15-25)16-22-4-5-26(27(12-22)39-2)40-11-3-7-33-8-6-32-21-33/h4-6,8,12-15,21,37H,3,7,9-11,16-20H2,1-2H3. The van der Waals surface area contributed by atoms with Crippen molar-refractivity contribution in [2.75, 3.05) is 60.2 Å². The van der Waals surface area contributed by atoms with E-state index in [1.165, 1.54) is 12.0 Å². The molecular formula is C29H36F2N4O6. The highest BCUT2D eigenvalue weighted by atomic mass is 19.1. The molecule has 1 fully saturated rings. The van der Waals surface area contributed by atoms with Crippen molar-refractivity contribution in [2.45, 2.75) is 25.1 Å². The number of amides is 1. The second-order valence-electron chi connectivity index (χ2n) is 10.1. The highest BCUT2D eigenvalue weighted by Gasteiger charge is 2.37. The van der Waals surface area contributed by atoms with Gasteiger partial charge in [0.05, 0.1) is 26.6 Å². The molecule has 0 saturated carbocycles. The molecule has 2 aromatic carbocycles. The van der Waals surface area contributed by atoms with Crippen LogP contribution in [0.15, 0.2) is 55.1 Å². The topological polar surface area (TPSA) is 98.5 Å². The number of rotatable bonds is 13. The minimum Gasteiger partial charge on any atom is -0.493 e. The SMILES string of the molecule is COCC(=O)N1CCN(Cc2ccc(OCCCn3ccnc3)c(OC)c2)CC(O)(COc2cc(F)cc(F)c2)C1. The van der Waals surface area contributed by atoms with Crippen LogP contribution in [0.3, 0.4) is 0 Å². The van der Waals surface area contributed by atoms with Crippen LogP contribution in [0.5, 0.6) is 17.2 Å². The molecule has 1 unspecified atom stereocenters. The maximum Gasteiger partial charge on any atom is 0.248 e. The van der Waals surface area contributed by atoms with E-state index >= 15 is 0 Å². The lowest BCUT2D eigenvalue weighted by Gasteiger charge is -2.33. The van der Waals surface area contributed by atoms with Crippen molar-refractivity contribution >= 4 is 5.91 Å². The summed E-state index contributed by atoms with van der Waals surface area (Å²) in [6.07, 6.45) is 6.20. The lowest BCUT2D eigenvalue weighted by molar-refractivity contribution is -0.138. The fraction of sp³-hybridized carbons (Fsp3) is 0.448. The Morgan fingerprint density at radius 1 is 1.05 bits per heavy atom. The largest absolute Gasteiger partial charge is 0.493 e. The highest BCUT2D eigenvalue weighted by molar-refractivity contribution is 5.77. The van der Waals surface area contributed by atoms with Gasteiger partial charge in [0.15, 0.2) is 11.5 Å². The average molecular weight is 575 g/mol. The summed E-state index contributed by atoms with van der Waals surface area (Å²) >= 11 is 0. The third-order valence-electron chi connectivity index (χ3n) is 6.66. The summed E-state index contributed by atoms with van der Waals surface area (Å²) in [6, 6.07) is 8.49. The first kappa shape index (κ1) is 30.2. The summed E-state index contributed by atoms with van der Waals surface area (Å²) in [4.78, 5) is 20.2. The number of benzene rings is 2. The number of β-amino-alcohol motifs (C(OH)–C–C–N with tert-alkyl or cyclic N) is 1. The molecule has 1 saturated heterocycles. The van der Waals surface area contributed by atoms with Crippen molar-refractivity contribution in [3.05, 3.63) is 72.3 Å². The van der Waals surface area contributed by atoms with Crippen molar-refractivity contribution < 1.29 is 37.6 Å². The molecule has 0 bridgehead atoms. The van der Waals surface area contributed by atoms with Crippen LogP contribution >= 0.6 is 0 Å². The van der Waals surface area contributed by atoms with Gasteiger partial charge in [-0.25, -0.2) is 13.8 Å². The van der Waals surface area contributed by atoms with Gasteiger partial charge in [-0.2, -0.15) is 0 Å². The third kappa shape index (κ3) is 8.87. The number of methoxy groups -OCH3 is 2. The number of nitrogens with zero attached hydrogens (tertiary/aromatic N) is 4. The zero-order chi connectivity index (χ0) is 29.2. The summed E-state index contributed by atoms with van der Waals surface area (Å²) in [7, 11) is 3.00. The van der Waals surface area contributed by atoms with Crippen LogP contribution in [0.4, 0.5) is 8.78 Å². The van der Waals surface area contributed by atoms with E-state index < -0.39 is 17.2 Å². The molecule has 4 rings (SSSR count). The van der Waals surface area contributed by atoms with Gasteiger partial charge in [0.1, 0.15) is 36.2 Å². The van der Waals surface area contributed by atoms with Crippen molar-refractivity contribution in [1.82, 2.24) is 19.4 Å². The zero-order valence-electron chi connectivity index (χ0n) is 23.3. The van der Waals surface area contributed by atoms with Crippen LogP contribution in [-0.4, -0.2) is 96.2 Å². The normalized spacial score (nSPS) is 17.7. The second-order valence-corrected chi connectivity index (χ2v) is 10.1. The van der Waals surface area contributed by atoms with Crippen molar-refractivity contribution in [2.24, 2.45) is 0 Å². The fourth-order valence-corrected chi connectivity index (χ4v) is 4.76. The number of hydrogen-bond donors (Lipinski definition) is 1. The molecule has 1 aliphatic rings. The fourth-order valence-electron chi connectivity index (χ4n) is 4.76. The van der Waals surface area contributed by atoms with Crippen molar-refractivity contribution in [1.29, 1.82) is 0 Å². The number of aliphatic hydroxyl groups is 1. The van der Waals surface area contributed by atoms with E-state index in [1.807, 2.05) is 33.9 Å². The quantitative estimate of drug-likeness (QED) is 0.312. The van der Waals surface area contributed by atoms with Gasteiger partial charge in [0, 0.05) is 70.4 Å². The number of aryl methyl sites for hydroxylation is 1. The van der Waals surface area contributed by atoms with Gasteiger partial charge in [-0.05, 0) is 24.1 Å². The van der Waals surface area contributed by atoms with Crippen LogP contribution in [0, 0.1) is 11.6 Å². The van der Waals surface area contributed by atoms with E-state index in [-0.39, 0.29) is 38.0 Å². The van der Waals surface area contributed by atoms with Crippen LogP contribution in [0.25, 0.3) is 0 Å². The Morgan fingerprint density at radius 3 is 2.56 bits per heavy atom. The van der Waals surface area contributed by atoms with E-state index in [4.69, 9.17) is 18.9 Å². The molecule has 0 radical (unpaired) electrons. The van der Waals surface area contributed by atoms with E-state index in [1.54, 1.807) is 19.6 Å². The molecular weight excluding hydrogens is 538 g/mol. The van der Waals surface area contributed by atoms with Gasteiger partial charge >= 0.3 is 0 Å². The van der Waals surface area contributed by atoms with E-state index in [2.05, 4.69) is 4.98 Å². The molecule has 2 heterocycles.